The Kier molecular flexibility index (Phi) is 5.19. The first-order valence-corrected chi connectivity index (χ1v) is 13.2. The Hall–Kier alpha value is -3.16. The Morgan fingerprint density at radius 2 is 1.68 bits per heavy atom. The lowest BCUT2D eigenvalue weighted by atomic mass is 9.81. The van der Waals surface area contributed by atoms with Gasteiger partial charge in [-0.3, -0.25) is 4.90 Å². The molecule has 3 aliphatic rings. The van der Waals surface area contributed by atoms with Crippen LogP contribution in [0.5, 0.6) is 5.88 Å². The molecule has 0 saturated carbocycles. The van der Waals surface area contributed by atoms with Crippen LogP contribution < -0.4 is 4.74 Å². The van der Waals surface area contributed by atoms with Gasteiger partial charge in [0.1, 0.15) is 6.10 Å². The van der Waals surface area contributed by atoms with Crippen LogP contribution in [0.2, 0.25) is 0 Å². The number of nitrogens with zero attached hydrogens (tertiary/aromatic N) is 3. The highest BCUT2D eigenvalue weighted by atomic mass is 32.2. The fourth-order valence-corrected chi connectivity index (χ4v) is 7.03. The van der Waals surface area contributed by atoms with E-state index in [0.29, 0.717) is 29.1 Å². The number of ether oxygens (including phenoxy) is 1. The fourth-order valence-electron chi connectivity index (χ4n) is 5.48. The van der Waals surface area contributed by atoms with Crippen LogP contribution in [0, 0.1) is 5.92 Å². The molecule has 0 N–H and O–H groups in total. The molecular weight excluding hydrogens is 446 g/mol. The number of aromatic nitrogens is 2. The molecule has 2 aromatic carbocycles. The van der Waals surface area contributed by atoms with Crippen LogP contribution >= 0.6 is 0 Å². The van der Waals surface area contributed by atoms with Crippen LogP contribution in [0.3, 0.4) is 0 Å². The minimum atomic E-state index is -3.79. The van der Waals surface area contributed by atoms with Gasteiger partial charge in [0.2, 0.25) is 5.88 Å². The lowest BCUT2D eigenvalue weighted by molar-refractivity contribution is -0.0525. The van der Waals surface area contributed by atoms with Gasteiger partial charge in [-0.15, -0.1) is 0 Å². The second-order valence-electron chi connectivity index (χ2n) is 9.25. The van der Waals surface area contributed by atoms with Crippen molar-refractivity contribution in [2.45, 2.75) is 36.8 Å². The number of para-hydroxylation sites is 1. The van der Waals surface area contributed by atoms with Crippen molar-refractivity contribution >= 4 is 20.9 Å². The van der Waals surface area contributed by atoms with E-state index in [9.17, 15) is 8.42 Å². The second-order valence-corrected chi connectivity index (χ2v) is 11.0. The summed E-state index contributed by atoms with van der Waals surface area (Å²) in [5.41, 5.74) is 1.95. The molecule has 5 heterocycles. The second kappa shape index (κ2) is 8.25. The van der Waals surface area contributed by atoms with E-state index >= 15 is 0 Å². The average Bonchev–Trinajstić information content (AvgIpc) is 3.28. The molecule has 0 aliphatic carbocycles. The third-order valence-corrected chi connectivity index (χ3v) is 9.07. The standard InChI is InChI=1S/C27H27N3O3S/c1-19-27(20-13-15-29(19)16-14-20)33-26-12-11-22(18-28-26)25-17-21-7-5-6-10-24(21)30(25)34(31,32)23-8-3-2-4-9-23/h2-12,17-20,27H,13-16H2,1H3/t19-,27-/m0/s1. The predicted octanol–water partition coefficient (Wildman–Crippen LogP) is 4.80. The zero-order valence-electron chi connectivity index (χ0n) is 19.0. The van der Waals surface area contributed by atoms with E-state index in [0.717, 1.165) is 24.0 Å². The summed E-state index contributed by atoms with van der Waals surface area (Å²) in [5, 5.41) is 0.860. The molecule has 0 amide bonds. The van der Waals surface area contributed by atoms with Crippen molar-refractivity contribution in [2.24, 2.45) is 5.92 Å². The minimum Gasteiger partial charge on any atom is -0.472 e. The number of pyridine rings is 1. The van der Waals surface area contributed by atoms with E-state index in [1.54, 1.807) is 30.5 Å². The zero-order chi connectivity index (χ0) is 23.3. The largest absolute Gasteiger partial charge is 0.472 e. The van der Waals surface area contributed by atoms with Gasteiger partial charge in [0.25, 0.3) is 10.0 Å². The summed E-state index contributed by atoms with van der Waals surface area (Å²) in [5.74, 6) is 1.16. The van der Waals surface area contributed by atoms with Crippen LogP contribution in [0.4, 0.5) is 0 Å². The first-order valence-electron chi connectivity index (χ1n) is 11.8. The van der Waals surface area contributed by atoms with Gasteiger partial charge in [0.05, 0.1) is 16.1 Å². The van der Waals surface area contributed by atoms with Crippen molar-refractivity contribution in [1.29, 1.82) is 0 Å². The van der Waals surface area contributed by atoms with E-state index in [1.807, 2.05) is 48.5 Å². The topological polar surface area (TPSA) is 64.4 Å². The van der Waals surface area contributed by atoms with Gasteiger partial charge < -0.3 is 4.74 Å². The normalized spacial score (nSPS) is 24.4. The number of rotatable bonds is 5. The van der Waals surface area contributed by atoms with Crippen LogP contribution in [-0.2, 0) is 10.0 Å². The molecule has 3 saturated heterocycles. The molecule has 3 fully saturated rings. The van der Waals surface area contributed by atoms with Crippen molar-refractivity contribution in [3.8, 4) is 17.1 Å². The van der Waals surface area contributed by atoms with Crippen LogP contribution in [0.1, 0.15) is 19.8 Å². The van der Waals surface area contributed by atoms with Crippen LogP contribution in [-0.4, -0.2) is 47.5 Å². The van der Waals surface area contributed by atoms with Gasteiger partial charge in [-0.1, -0.05) is 36.4 Å². The summed E-state index contributed by atoms with van der Waals surface area (Å²) in [7, 11) is -3.79. The van der Waals surface area contributed by atoms with E-state index in [2.05, 4.69) is 16.8 Å². The molecule has 0 spiro atoms. The Morgan fingerprint density at radius 1 is 0.941 bits per heavy atom. The Morgan fingerprint density at radius 3 is 2.38 bits per heavy atom. The van der Waals surface area contributed by atoms with Gasteiger partial charge in [-0.05, 0) is 69.1 Å². The van der Waals surface area contributed by atoms with Gasteiger partial charge in [-0.2, -0.15) is 0 Å². The summed E-state index contributed by atoms with van der Waals surface area (Å²) in [4.78, 5) is 7.33. The molecule has 174 valence electrons. The third-order valence-electron chi connectivity index (χ3n) is 7.33. The number of hydrogen-bond acceptors (Lipinski definition) is 5. The molecule has 34 heavy (non-hydrogen) atoms. The Bertz CT molecular complexity index is 1420. The van der Waals surface area contributed by atoms with E-state index in [-0.39, 0.29) is 11.0 Å². The summed E-state index contributed by atoms with van der Waals surface area (Å²) in [6.45, 7) is 4.54. The van der Waals surface area contributed by atoms with Crippen molar-refractivity contribution in [2.75, 3.05) is 13.1 Å². The third kappa shape index (κ3) is 3.51. The average molecular weight is 474 g/mol. The molecule has 7 heteroatoms. The number of benzene rings is 2. The summed E-state index contributed by atoms with van der Waals surface area (Å²) < 4.78 is 35.1. The first-order chi connectivity index (χ1) is 16.5. The molecule has 0 unspecified atom stereocenters. The smallest absolute Gasteiger partial charge is 0.268 e. The maximum Gasteiger partial charge on any atom is 0.268 e. The minimum absolute atomic E-state index is 0.144. The molecular formula is C27H27N3O3S. The summed E-state index contributed by atoms with van der Waals surface area (Å²) in [6.07, 6.45) is 4.20. The summed E-state index contributed by atoms with van der Waals surface area (Å²) >= 11 is 0. The van der Waals surface area contributed by atoms with Crippen LogP contribution in [0.15, 0.2) is 83.9 Å². The van der Waals surface area contributed by atoms with E-state index < -0.39 is 10.0 Å². The summed E-state index contributed by atoms with van der Waals surface area (Å²) in [6, 6.07) is 22.1. The molecule has 2 atom stereocenters. The zero-order valence-corrected chi connectivity index (χ0v) is 19.9. The predicted molar refractivity (Wildman–Crippen MR) is 132 cm³/mol. The Labute approximate surface area is 199 Å². The maximum atomic E-state index is 13.7. The lowest BCUT2D eigenvalue weighted by Crippen LogP contribution is -2.58. The lowest BCUT2D eigenvalue weighted by Gasteiger charge is -2.49. The van der Waals surface area contributed by atoms with Crippen molar-refractivity contribution in [3.05, 3.63) is 79.0 Å². The Balaban J connectivity index is 1.38. The quantitative estimate of drug-likeness (QED) is 0.417. The number of piperidine rings is 3. The monoisotopic (exact) mass is 473 g/mol. The van der Waals surface area contributed by atoms with Crippen molar-refractivity contribution in [3.63, 3.8) is 0 Å². The van der Waals surface area contributed by atoms with Gasteiger partial charge in [0.15, 0.2) is 0 Å². The first kappa shape index (κ1) is 21.4. The number of fused-ring (bicyclic) bond motifs is 4. The highest BCUT2D eigenvalue weighted by Crippen LogP contribution is 2.36. The van der Waals surface area contributed by atoms with Gasteiger partial charge in [0, 0.05) is 29.3 Å². The SMILES string of the molecule is C[C@H]1[C@H](Oc2ccc(-c3cc4ccccc4n3S(=O)(=O)c3ccccc3)cn2)C2CCN1CC2. The van der Waals surface area contributed by atoms with E-state index in [1.165, 1.54) is 16.8 Å². The molecule has 7 rings (SSSR count). The maximum absolute atomic E-state index is 13.7. The van der Waals surface area contributed by atoms with E-state index in [4.69, 9.17) is 4.74 Å². The molecule has 2 aromatic heterocycles. The molecule has 6 nitrogen and oxygen atoms in total. The highest BCUT2D eigenvalue weighted by Gasteiger charge is 2.41. The van der Waals surface area contributed by atoms with Gasteiger partial charge in [-0.25, -0.2) is 17.4 Å². The molecule has 0 radical (unpaired) electrons. The van der Waals surface area contributed by atoms with Crippen LogP contribution in [0.25, 0.3) is 22.2 Å². The molecule has 3 aliphatic heterocycles. The molecule has 4 aromatic rings. The van der Waals surface area contributed by atoms with Crippen molar-refractivity contribution in [1.82, 2.24) is 13.9 Å². The highest BCUT2D eigenvalue weighted by molar-refractivity contribution is 7.90. The van der Waals surface area contributed by atoms with Crippen molar-refractivity contribution < 1.29 is 13.2 Å². The fraction of sp³-hybridized carbons (Fsp3) is 0.296. The molecule has 2 bridgehead atoms. The van der Waals surface area contributed by atoms with Gasteiger partial charge >= 0.3 is 0 Å². The number of hydrogen-bond donors (Lipinski definition) is 0.